The van der Waals surface area contributed by atoms with Crippen LogP contribution in [0.1, 0.15) is 24.0 Å². The largest absolute Gasteiger partial charge is 0.332 e. The first kappa shape index (κ1) is 23.3. The molecule has 170 valence electrons. The van der Waals surface area contributed by atoms with Crippen molar-refractivity contribution in [1.29, 1.82) is 0 Å². The molecule has 0 saturated carbocycles. The zero-order valence-corrected chi connectivity index (χ0v) is 18.2. The molecule has 0 atom stereocenters. The maximum Gasteiger partial charge on any atom is 0.332 e. The van der Waals surface area contributed by atoms with Crippen LogP contribution in [0.15, 0.2) is 60.7 Å². The molecule has 10 heteroatoms. The van der Waals surface area contributed by atoms with Gasteiger partial charge in [-0.15, -0.1) is 0 Å². The molecule has 10 nitrogen and oxygen atoms in total. The van der Waals surface area contributed by atoms with Crippen molar-refractivity contribution in [1.82, 2.24) is 20.4 Å². The van der Waals surface area contributed by atoms with Crippen molar-refractivity contribution in [2.24, 2.45) is 0 Å². The van der Waals surface area contributed by atoms with Crippen molar-refractivity contribution in [3.8, 4) is 0 Å². The van der Waals surface area contributed by atoms with Crippen molar-refractivity contribution in [2.45, 2.75) is 18.3 Å². The molecule has 33 heavy (non-hydrogen) atoms. The molecule has 8 amide bonds. The average Bonchev–Trinajstić information content (AvgIpc) is 2.81. The molecule has 4 rings (SSSR count). The Morgan fingerprint density at radius 2 is 1.12 bits per heavy atom. The molecular formula is C23H22N4O6. The van der Waals surface area contributed by atoms with Gasteiger partial charge < -0.3 is 0 Å². The van der Waals surface area contributed by atoms with Gasteiger partial charge in [-0.25, -0.2) is 9.59 Å². The first-order valence-corrected chi connectivity index (χ1v) is 9.95. The summed E-state index contributed by atoms with van der Waals surface area (Å²) in [4.78, 5) is 71.8. The number of urea groups is 2. The van der Waals surface area contributed by atoms with Crippen molar-refractivity contribution < 1.29 is 28.8 Å². The third-order valence-corrected chi connectivity index (χ3v) is 5.58. The normalized spacial score (nSPS) is 18.4. The van der Waals surface area contributed by atoms with E-state index >= 15 is 0 Å². The Morgan fingerprint density at radius 3 is 1.58 bits per heavy atom. The summed E-state index contributed by atoms with van der Waals surface area (Å²) in [6.45, 7) is 1.49. The molecule has 2 aliphatic heterocycles. The fraction of sp³-hybridized carbons (Fsp3) is 0.217. The minimum Gasteiger partial charge on any atom is -0.277 e. The number of barbiturate groups is 2. The summed E-state index contributed by atoms with van der Waals surface area (Å²) in [5, 5.41) is 4.18. The zero-order valence-electron chi connectivity index (χ0n) is 18.2. The molecule has 0 unspecified atom stereocenters. The molecule has 2 aromatic rings. The average molecular weight is 450 g/mol. The highest BCUT2D eigenvalue weighted by atomic mass is 16.2. The molecular weight excluding hydrogens is 428 g/mol. The monoisotopic (exact) mass is 450 g/mol. The quantitative estimate of drug-likeness (QED) is 0.659. The molecule has 0 bridgehead atoms. The van der Waals surface area contributed by atoms with Gasteiger partial charge in [0, 0.05) is 14.1 Å². The Hall–Kier alpha value is -4.34. The summed E-state index contributed by atoms with van der Waals surface area (Å²) in [5.74, 6) is -3.09. The van der Waals surface area contributed by atoms with Gasteiger partial charge in [0.2, 0.25) is 23.6 Å². The Morgan fingerprint density at radius 1 is 0.697 bits per heavy atom. The van der Waals surface area contributed by atoms with Crippen LogP contribution in [0, 0.1) is 0 Å². The molecule has 2 aromatic carbocycles. The van der Waals surface area contributed by atoms with Crippen LogP contribution in [0.3, 0.4) is 0 Å². The predicted molar refractivity (Wildman–Crippen MR) is 116 cm³/mol. The maximum atomic E-state index is 11.9. The van der Waals surface area contributed by atoms with Crippen LogP contribution in [0.5, 0.6) is 0 Å². The maximum absolute atomic E-state index is 11.9. The van der Waals surface area contributed by atoms with Gasteiger partial charge in [0.15, 0.2) is 5.41 Å². The number of benzene rings is 2. The summed E-state index contributed by atoms with van der Waals surface area (Å²) in [6.07, 6.45) is 0. The summed E-state index contributed by atoms with van der Waals surface area (Å²) in [5.41, 5.74) is -0.193. The van der Waals surface area contributed by atoms with Crippen LogP contribution in [0.4, 0.5) is 9.59 Å². The van der Waals surface area contributed by atoms with Crippen molar-refractivity contribution in [3.05, 3.63) is 71.8 Å². The number of nitrogens with zero attached hydrogens (tertiary/aromatic N) is 2. The number of carbonyl (C=O) groups excluding carboxylic acids is 6. The van der Waals surface area contributed by atoms with Crippen molar-refractivity contribution in [2.75, 3.05) is 14.1 Å². The number of hydrogen-bond donors (Lipinski definition) is 2. The van der Waals surface area contributed by atoms with E-state index in [4.69, 9.17) is 0 Å². The summed E-state index contributed by atoms with van der Waals surface area (Å²) >= 11 is 0. The molecule has 0 spiro atoms. The predicted octanol–water partition coefficient (Wildman–Crippen LogP) is 1.13. The van der Waals surface area contributed by atoms with Crippen LogP contribution >= 0.6 is 0 Å². The smallest absolute Gasteiger partial charge is 0.277 e. The highest BCUT2D eigenvalue weighted by Crippen LogP contribution is 2.26. The van der Waals surface area contributed by atoms with Gasteiger partial charge in [-0.05, 0) is 18.1 Å². The van der Waals surface area contributed by atoms with Gasteiger partial charge in [0.1, 0.15) is 5.92 Å². The highest BCUT2D eigenvalue weighted by molar-refractivity contribution is 6.22. The lowest BCUT2D eigenvalue weighted by atomic mass is 9.79. The van der Waals surface area contributed by atoms with Crippen molar-refractivity contribution in [3.63, 3.8) is 0 Å². The van der Waals surface area contributed by atoms with E-state index in [-0.39, 0.29) is 0 Å². The van der Waals surface area contributed by atoms with E-state index in [1.165, 1.54) is 21.0 Å². The molecule has 2 N–H and O–H groups in total. The SMILES string of the molecule is CC1(c2ccccc2)C(=O)NC(=O)NC1=O.CN1C(=O)C(c2ccccc2)C(=O)N(C)C1=O. The minimum atomic E-state index is -1.35. The fourth-order valence-electron chi connectivity index (χ4n) is 3.46. The summed E-state index contributed by atoms with van der Waals surface area (Å²) in [6, 6.07) is 16.0. The second-order valence-electron chi connectivity index (χ2n) is 7.65. The third kappa shape index (κ3) is 4.22. The zero-order chi connectivity index (χ0) is 24.3. The molecule has 0 aromatic heterocycles. The van der Waals surface area contributed by atoms with Crippen molar-refractivity contribution >= 4 is 35.7 Å². The lowest BCUT2D eigenvalue weighted by Gasteiger charge is -2.32. The van der Waals surface area contributed by atoms with Crippen LogP contribution in [0.2, 0.25) is 0 Å². The van der Waals surface area contributed by atoms with E-state index in [1.807, 2.05) is 0 Å². The number of amides is 8. The Labute approximate surface area is 189 Å². The van der Waals surface area contributed by atoms with Gasteiger partial charge >= 0.3 is 12.1 Å². The lowest BCUT2D eigenvalue weighted by molar-refractivity contribution is -0.143. The second-order valence-corrected chi connectivity index (χ2v) is 7.65. The van der Waals surface area contributed by atoms with Gasteiger partial charge in [0.05, 0.1) is 0 Å². The number of hydrogen-bond acceptors (Lipinski definition) is 6. The number of rotatable bonds is 2. The van der Waals surface area contributed by atoms with Gasteiger partial charge in [-0.3, -0.25) is 39.6 Å². The number of likely N-dealkylation sites (N-methyl/N-ethyl adjacent to an activating group) is 2. The minimum absolute atomic E-state index is 0.482. The van der Waals surface area contributed by atoms with Gasteiger partial charge in [-0.2, -0.15) is 0 Å². The summed E-state index contributed by atoms with van der Waals surface area (Å²) in [7, 11) is 2.76. The lowest BCUT2D eigenvalue weighted by Crippen LogP contribution is -2.63. The number of nitrogens with one attached hydrogen (secondary N) is 2. The van der Waals surface area contributed by atoms with E-state index in [1.54, 1.807) is 60.7 Å². The topological polar surface area (TPSA) is 133 Å². The van der Waals surface area contributed by atoms with Gasteiger partial charge in [0.25, 0.3) is 0 Å². The fourth-order valence-corrected chi connectivity index (χ4v) is 3.46. The van der Waals surface area contributed by atoms with Crippen LogP contribution in [-0.4, -0.2) is 59.6 Å². The summed E-state index contributed by atoms with van der Waals surface area (Å²) < 4.78 is 0. The first-order chi connectivity index (χ1) is 15.6. The Balaban J connectivity index is 0.000000186. The molecule has 2 fully saturated rings. The molecule has 2 saturated heterocycles. The number of imide groups is 4. The Kier molecular flexibility index (Phi) is 6.38. The van der Waals surface area contributed by atoms with Crippen LogP contribution in [-0.2, 0) is 24.6 Å². The second kappa shape index (κ2) is 9.03. The third-order valence-electron chi connectivity index (χ3n) is 5.58. The van der Waals surface area contributed by atoms with Gasteiger partial charge in [-0.1, -0.05) is 60.7 Å². The number of carbonyl (C=O) groups is 6. The molecule has 0 radical (unpaired) electrons. The standard InChI is InChI=1S/C12H12N2O3.C11H10N2O3/c1-13-10(15)9(8-6-4-3-5-7-8)11(16)14(2)12(13)17;1-11(7-5-3-2-4-6-7)8(14)12-10(16)13-9(11)15/h3-7,9H,1-2H3;2-6H,1H3,(H2,12,13,14,15,16). The van der Waals surface area contributed by atoms with Crippen LogP contribution in [0.25, 0.3) is 0 Å². The highest BCUT2D eigenvalue weighted by Gasteiger charge is 2.47. The van der Waals surface area contributed by atoms with E-state index in [0.717, 1.165) is 9.80 Å². The van der Waals surface area contributed by atoms with Crippen LogP contribution < -0.4 is 10.6 Å². The molecule has 0 aliphatic carbocycles. The van der Waals surface area contributed by atoms with E-state index in [0.29, 0.717) is 11.1 Å². The molecule has 2 aliphatic rings. The Bertz CT molecular complexity index is 1090. The molecule has 2 heterocycles. The van der Waals surface area contributed by atoms with E-state index in [2.05, 4.69) is 10.6 Å². The van der Waals surface area contributed by atoms with E-state index < -0.39 is 47.0 Å². The first-order valence-electron chi connectivity index (χ1n) is 9.95. The van der Waals surface area contributed by atoms with E-state index in [9.17, 15) is 28.8 Å².